The fourth-order valence-electron chi connectivity index (χ4n) is 2.10. The predicted octanol–water partition coefficient (Wildman–Crippen LogP) is 2.78. The molecule has 0 unspecified atom stereocenters. The summed E-state index contributed by atoms with van der Waals surface area (Å²) in [5, 5.41) is 2.68. The summed E-state index contributed by atoms with van der Waals surface area (Å²) >= 11 is 0. The molecule has 122 valence electrons. The second-order valence-corrected chi connectivity index (χ2v) is 5.31. The Balaban J connectivity index is 2.01. The van der Waals surface area contributed by atoms with Crippen LogP contribution in [0.4, 0.5) is 10.2 Å². The lowest BCUT2D eigenvalue weighted by Crippen LogP contribution is -2.25. The van der Waals surface area contributed by atoms with E-state index in [1.165, 1.54) is 12.4 Å². The Hall–Kier alpha value is -2.50. The van der Waals surface area contributed by atoms with Gasteiger partial charge in [0.2, 0.25) is 0 Å². The van der Waals surface area contributed by atoms with E-state index in [-0.39, 0.29) is 24.0 Å². The van der Waals surface area contributed by atoms with Crippen molar-refractivity contribution >= 4 is 11.7 Å². The number of amides is 1. The van der Waals surface area contributed by atoms with E-state index in [4.69, 9.17) is 0 Å². The molecule has 6 heteroatoms. The molecule has 0 saturated heterocycles. The first-order valence-electron chi connectivity index (χ1n) is 7.66. The van der Waals surface area contributed by atoms with Gasteiger partial charge in [-0.2, -0.15) is 0 Å². The molecule has 5 nitrogen and oxygen atoms in total. The molecule has 2 rings (SSSR count). The van der Waals surface area contributed by atoms with Crippen molar-refractivity contribution in [3.63, 3.8) is 0 Å². The topological polar surface area (TPSA) is 58.1 Å². The minimum absolute atomic E-state index is 0.122. The van der Waals surface area contributed by atoms with Gasteiger partial charge in [0.05, 0.1) is 0 Å². The fourth-order valence-corrected chi connectivity index (χ4v) is 2.10. The molecule has 1 aromatic carbocycles. The van der Waals surface area contributed by atoms with Crippen LogP contribution in [0.5, 0.6) is 0 Å². The lowest BCUT2D eigenvalue weighted by atomic mass is 10.2. The van der Waals surface area contributed by atoms with Gasteiger partial charge >= 0.3 is 0 Å². The zero-order valence-electron chi connectivity index (χ0n) is 13.4. The number of anilines is 1. The number of nitrogens with zero attached hydrogens (tertiary/aromatic N) is 3. The number of halogens is 1. The molecule has 1 N–H and O–H groups in total. The molecule has 0 aliphatic rings. The molecule has 0 aliphatic heterocycles. The molecule has 23 heavy (non-hydrogen) atoms. The van der Waals surface area contributed by atoms with E-state index >= 15 is 0 Å². The zero-order chi connectivity index (χ0) is 16.7. The van der Waals surface area contributed by atoms with Crippen LogP contribution in [0.3, 0.4) is 0 Å². The van der Waals surface area contributed by atoms with Gasteiger partial charge in [0.1, 0.15) is 23.7 Å². The average Bonchev–Trinajstić information content (AvgIpc) is 2.58. The van der Waals surface area contributed by atoms with E-state index in [1.807, 2.05) is 11.9 Å². The number of aromatic nitrogens is 2. The van der Waals surface area contributed by atoms with Crippen molar-refractivity contribution in [1.29, 1.82) is 0 Å². The zero-order valence-corrected chi connectivity index (χ0v) is 13.4. The lowest BCUT2D eigenvalue weighted by Gasteiger charge is -2.17. The predicted molar refractivity (Wildman–Crippen MR) is 87.8 cm³/mol. The number of hydrogen-bond donors (Lipinski definition) is 1. The molecule has 0 aliphatic carbocycles. The SMILES string of the molecule is CCCCN(C)c1cc(C(=O)NCc2ccccc2F)ncn1. The molecular weight excluding hydrogens is 295 g/mol. The first kappa shape index (κ1) is 16.9. The van der Waals surface area contributed by atoms with Gasteiger partial charge in [-0.1, -0.05) is 31.5 Å². The third-order valence-corrected chi connectivity index (χ3v) is 3.52. The van der Waals surface area contributed by atoms with Crippen molar-refractivity contribution in [2.24, 2.45) is 0 Å². The average molecular weight is 316 g/mol. The molecule has 2 aromatic rings. The van der Waals surface area contributed by atoms with Gasteiger partial charge in [0.15, 0.2) is 0 Å². The summed E-state index contributed by atoms with van der Waals surface area (Å²) in [5.74, 6) is 0.0146. The van der Waals surface area contributed by atoms with Gasteiger partial charge < -0.3 is 10.2 Å². The monoisotopic (exact) mass is 316 g/mol. The number of carbonyl (C=O) groups excluding carboxylic acids is 1. The van der Waals surface area contributed by atoms with E-state index in [1.54, 1.807) is 24.3 Å². The van der Waals surface area contributed by atoms with Crippen LogP contribution in [-0.2, 0) is 6.54 Å². The third-order valence-electron chi connectivity index (χ3n) is 3.52. The molecule has 0 atom stereocenters. The van der Waals surface area contributed by atoms with Crippen molar-refractivity contribution in [2.45, 2.75) is 26.3 Å². The van der Waals surface area contributed by atoms with Crippen LogP contribution in [-0.4, -0.2) is 29.5 Å². The summed E-state index contributed by atoms with van der Waals surface area (Å²) in [6, 6.07) is 8.00. The molecule has 0 spiro atoms. The number of unbranched alkanes of at least 4 members (excludes halogenated alkanes) is 1. The highest BCUT2D eigenvalue weighted by molar-refractivity contribution is 5.92. The van der Waals surface area contributed by atoms with E-state index < -0.39 is 0 Å². The third kappa shape index (κ3) is 4.74. The van der Waals surface area contributed by atoms with Crippen LogP contribution in [0.1, 0.15) is 35.8 Å². The maximum Gasteiger partial charge on any atom is 0.270 e. The highest BCUT2D eigenvalue weighted by Crippen LogP contribution is 2.11. The van der Waals surface area contributed by atoms with Crippen molar-refractivity contribution < 1.29 is 9.18 Å². The summed E-state index contributed by atoms with van der Waals surface area (Å²) < 4.78 is 13.5. The second-order valence-electron chi connectivity index (χ2n) is 5.31. The minimum Gasteiger partial charge on any atom is -0.360 e. The standard InChI is InChI=1S/C17H21FN4O/c1-3-4-9-22(2)16-10-15(20-12-21-16)17(23)19-11-13-7-5-6-8-14(13)18/h5-8,10,12H,3-4,9,11H2,1-2H3,(H,19,23). The van der Waals surface area contributed by atoms with Crippen LogP contribution in [0, 0.1) is 5.82 Å². The van der Waals surface area contributed by atoms with Gasteiger partial charge in [-0.3, -0.25) is 4.79 Å². The largest absolute Gasteiger partial charge is 0.360 e. The number of hydrogen-bond acceptors (Lipinski definition) is 4. The summed E-state index contributed by atoms with van der Waals surface area (Å²) in [6.07, 6.45) is 3.51. The first-order chi connectivity index (χ1) is 11.1. The lowest BCUT2D eigenvalue weighted by molar-refractivity contribution is 0.0945. The smallest absolute Gasteiger partial charge is 0.270 e. The summed E-state index contributed by atoms with van der Waals surface area (Å²) in [5.41, 5.74) is 0.713. The van der Waals surface area contributed by atoms with Crippen LogP contribution in [0.15, 0.2) is 36.7 Å². The summed E-state index contributed by atoms with van der Waals surface area (Å²) in [6.45, 7) is 3.11. The molecule has 0 saturated carbocycles. The fraction of sp³-hybridized carbons (Fsp3) is 0.353. The number of nitrogens with one attached hydrogen (secondary N) is 1. The Labute approximate surface area is 135 Å². The Morgan fingerprint density at radius 2 is 2.09 bits per heavy atom. The Morgan fingerprint density at radius 1 is 1.30 bits per heavy atom. The van der Waals surface area contributed by atoms with Crippen molar-refractivity contribution in [1.82, 2.24) is 15.3 Å². The molecule has 0 fully saturated rings. The molecule has 0 bridgehead atoms. The first-order valence-corrected chi connectivity index (χ1v) is 7.66. The number of rotatable bonds is 7. The molecule has 0 radical (unpaired) electrons. The van der Waals surface area contributed by atoms with E-state index in [0.717, 1.165) is 19.4 Å². The van der Waals surface area contributed by atoms with Crippen molar-refractivity contribution in [3.05, 3.63) is 53.7 Å². The summed E-state index contributed by atoms with van der Waals surface area (Å²) in [7, 11) is 1.93. The van der Waals surface area contributed by atoms with Gasteiger partial charge in [0, 0.05) is 31.8 Å². The van der Waals surface area contributed by atoms with E-state index in [0.29, 0.717) is 11.4 Å². The quantitative estimate of drug-likeness (QED) is 0.853. The Kier molecular flexibility index (Phi) is 6.02. The van der Waals surface area contributed by atoms with Gasteiger partial charge in [-0.25, -0.2) is 14.4 Å². The van der Waals surface area contributed by atoms with Crippen LogP contribution in [0.25, 0.3) is 0 Å². The number of benzene rings is 1. The number of carbonyl (C=O) groups is 1. The van der Waals surface area contributed by atoms with Gasteiger partial charge in [-0.05, 0) is 12.5 Å². The normalized spacial score (nSPS) is 10.4. The maximum absolute atomic E-state index is 13.5. The highest BCUT2D eigenvalue weighted by atomic mass is 19.1. The molecule has 1 heterocycles. The Bertz CT molecular complexity index is 663. The molecule has 1 aromatic heterocycles. The minimum atomic E-state index is -0.346. The van der Waals surface area contributed by atoms with E-state index in [2.05, 4.69) is 22.2 Å². The van der Waals surface area contributed by atoms with Gasteiger partial charge in [-0.15, -0.1) is 0 Å². The molecular formula is C17H21FN4O. The van der Waals surface area contributed by atoms with Crippen LogP contribution in [0.2, 0.25) is 0 Å². The van der Waals surface area contributed by atoms with Crippen LogP contribution >= 0.6 is 0 Å². The van der Waals surface area contributed by atoms with Crippen LogP contribution < -0.4 is 10.2 Å². The molecule has 1 amide bonds. The second kappa shape index (κ2) is 8.22. The van der Waals surface area contributed by atoms with E-state index in [9.17, 15) is 9.18 Å². The summed E-state index contributed by atoms with van der Waals surface area (Å²) in [4.78, 5) is 22.3. The van der Waals surface area contributed by atoms with Crippen molar-refractivity contribution in [3.8, 4) is 0 Å². The van der Waals surface area contributed by atoms with Crippen molar-refractivity contribution in [2.75, 3.05) is 18.5 Å². The highest BCUT2D eigenvalue weighted by Gasteiger charge is 2.11. The maximum atomic E-state index is 13.5. The Morgan fingerprint density at radius 3 is 2.83 bits per heavy atom. The van der Waals surface area contributed by atoms with Gasteiger partial charge in [0.25, 0.3) is 5.91 Å².